The van der Waals surface area contributed by atoms with Crippen LogP contribution >= 0.6 is 0 Å². The van der Waals surface area contributed by atoms with Gasteiger partial charge in [0.05, 0.1) is 12.9 Å². The third-order valence-electron chi connectivity index (χ3n) is 5.54. The smallest absolute Gasteiger partial charge is 0.256 e. The molecule has 2 aliphatic heterocycles. The molecule has 4 rings (SSSR count). The zero-order chi connectivity index (χ0) is 21.1. The standard InChI is InChI=1S/C22H26N2O5S/c1-28-19-7-4-16(5-8-19)11-14-30(26,27)23-18-6-9-20-17(15-18)10-12-24(20)22(25)21-3-2-13-29-21/h4-9,15,21,23H,2-3,10-14H2,1H3. The molecule has 1 atom stereocenters. The molecule has 2 aromatic rings. The summed E-state index contributed by atoms with van der Waals surface area (Å²) in [4.78, 5) is 14.4. The lowest BCUT2D eigenvalue weighted by Gasteiger charge is -2.21. The zero-order valence-corrected chi connectivity index (χ0v) is 17.8. The Morgan fingerprint density at radius 3 is 2.73 bits per heavy atom. The summed E-state index contributed by atoms with van der Waals surface area (Å²) in [6, 6.07) is 12.7. The molecule has 8 heteroatoms. The van der Waals surface area contributed by atoms with Crippen LogP contribution in [0.5, 0.6) is 5.75 Å². The monoisotopic (exact) mass is 430 g/mol. The number of nitrogens with one attached hydrogen (secondary N) is 1. The van der Waals surface area contributed by atoms with Crippen LogP contribution < -0.4 is 14.4 Å². The first-order valence-corrected chi connectivity index (χ1v) is 11.8. The predicted octanol–water partition coefficient (Wildman–Crippen LogP) is 2.75. The summed E-state index contributed by atoms with van der Waals surface area (Å²) in [5, 5.41) is 0. The van der Waals surface area contributed by atoms with Crippen molar-refractivity contribution in [2.24, 2.45) is 0 Å². The molecule has 0 spiro atoms. The quantitative estimate of drug-likeness (QED) is 0.730. The summed E-state index contributed by atoms with van der Waals surface area (Å²) < 4.78 is 38.3. The van der Waals surface area contributed by atoms with Gasteiger partial charge in [0.1, 0.15) is 11.9 Å². The van der Waals surface area contributed by atoms with E-state index in [9.17, 15) is 13.2 Å². The molecular formula is C22H26N2O5S. The summed E-state index contributed by atoms with van der Waals surface area (Å²) in [5.74, 6) is 0.726. The number of hydrogen-bond acceptors (Lipinski definition) is 5. The van der Waals surface area contributed by atoms with Gasteiger partial charge in [-0.2, -0.15) is 0 Å². The number of ether oxygens (including phenoxy) is 2. The minimum absolute atomic E-state index is 0.000859. The maximum Gasteiger partial charge on any atom is 0.256 e. The van der Waals surface area contributed by atoms with Gasteiger partial charge in [-0.05, 0) is 67.1 Å². The van der Waals surface area contributed by atoms with Crippen LogP contribution in [-0.2, 0) is 32.4 Å². The van der Waals surface area contributed by atoms with Crippen LogP contribution in [0.15, 0.2) is 42.5 Å². The van der Waals surface area contributed by atoms with Crippen LogP contribution in [0.1, 0.15) is 24.0 Å². The molecule has 160 valence electrons. The third-order valence-corrected chi connectivity index (χ3v) is 6.83. The van der Waals surface area contributed by atoms with E-state index in [1.165, 1.54) is 0 Å². The Labute approximate surface area is 177 Å². The molecule has 30 heavy (non-hydrogen) atoms. The Balaban J connectivity index is 1.39. The number of amides is 1. The molecule has 0 bridgehead atoms. The number of nitrogens with zero attached hydrogens (tertiary/aromatic N) is 1. The molecule has 0 aliphatic carbocycles. The summed E-state index contributed by atoms with van der Waals surface area (Å²) >= 11 is 0. The average Bonchev–Trinajstić information content (AvgIpc) is 3.42. The number of hydrogen-bond donors (Lipinski definition) is 1. The number of methoxy groups -OCH3 is 1. The topological polar surface area (TPSA) is 84.9 Å². The van der Waals surface area contributed by atoms with Crippen LogP contribution in [0.2, 0.25) is 0 Å². The van der Waals surface area contributed by atoms with E-state index in [0.29, 0.717) is 31.7 Å². The molecule has 0 saturated carbocycles. The molecule has 0 radical (unpaired) electrons. The van der Waals surface area contributed by atoms with Crippen LogP contribution in [0.3, 0.4) is 0 Å². The van der Waals surface area contributed by atoms with Gasteiger partial charge in [0, 0.05) is 24.5 Å². The second kappa shape index (κ2) is 8.65. The Hall–Kier alpha value is -2.58. The van der Waals surface area contributed by atoms with Crippen molar-refractivity contribution in [3.63, 3.8) is 0 Å². The third kappa shape index (κ3) is 4.60. The van der Waals surface area contributed by atoms with Crippen LogP contribution in [0.25, 0.3) is 0 Å². The summed E-state index contributed by atoms with van der Waals surface area (Å²) in [6.45, 7) is 1.23. The van der Waals surface area contributed by atoms with E-state index in [-0.39, 0.29) is 17.8 Å². The van der Waals surface area contributed by atoms with Gasteiger partial charge in [0.2, 0.25) is 10.0 Å². The molecule has 1 fully saturated rings. The number of fused-ring (bicyclic) bond motifs is 1. The van der Waals surface area contributed by atoms with Crippen LogP contribution in [0.4, 0.5) is 11.4 Å². The summed E-state index contributed by atoms with van der Waals surface area (Å²) in [6.07, 6.45) is 2.43. The first-order valence-electron chi connectivity index (χ1n) is 10.1. The van der Waals surface area contributed by atoms with E-state index in [0.717, 1.165) is 35.4 Å². The summed E-state index contributed by atoms with van der Waals surface area (Å²) in [5.41, 5.74) is 3.27. The van der Waals surface area contributed by atoms with E-state index in [2.05, 4.69) is 4.72 Å². The van der Waals surface area contributed by atoms with Crippen molar-refractivity contribution in [1.82, 2.24) is 0 Å². The lowest BCUT2D eigenvalue weighted by atomic mass is 10.1. The van der Waals surface area contributed by atoms with Gasteiger partial charge in [-0.1, -0.05) is 12.1 Å². The maximum atomic E-state index is 12.7. The van der Waals surface area contributed by atoms with Crippen molar-refractivity contribution >= 4 is 27.3 Å². The van der Waals surface area contributed by atoms with E-state index in [1.807, 2.05) is 36.4 Å². The lowest BCUT2D eigenvalue weighted by Crippen LogP contribution is -2.37. The maximum absolute atomic E-state index is 12.7. The highest BCUT2D eigenvalue weighted by Gasteiger charge is 2.32. The van der Waals surface area contributed by atoms with Crippen molar-refractivity contribution < 1.29 is 22.7 Å². The highest BCUT2D eigenvalue weighted by Crippen LogP contribution is 2.32. The molecule has 1 amide bonds. The fraction of sp³-hybridized carbons (Fsp3) is 0.409. The molecule has 1 unspecified atom stereocenters. The predicted molar refractivity (Wildman–Crippen MR) is 116 cm³/mol. The number of anilines is 2. The Bertz CT molecular complexity index is 1010. The molecule has 7 nitrogen and oxygen atoms in total. The fourth-order valence-electron chi connectivity index (χ4n) is 3.92. The summed E-state index contributed by atoms with van der Waals surface area (Å²) in [7, 11) is -1.90. The molecule has 2 aromatic carbocycles. The highest BCUT2D eigenvalue weighted by atomic mass is 32.2. The van der Waals surface area contributed by atoms with Gasteiger partial charge in [-0.15, -0.1) is 0 Å². The molecule has 2 heterocycles. The van der Waals surface area contributed by atoms with E-state index in [1.54, 1.807) is 18.1 Å². The van der Waals surface area contributed by atoms with Crippen molar-refractivity contribution in [1.29, 1.82) is 0 Å². The number of carbonyl (C=O) groups is 1. The average molecular weight is 431 g/mol. The van der Waals surface area contributed by atoms with Gasteiger partial charge in [0.15, 0.2) is 0 Å². The van der Waals surface area contributed by atoms with E-state index in [4.69, 9.17) is 9.47 Å². The Kier molecular flexibility index (Phi) is 5.97. The minimum atomic E-state index is -3.49. The van der Waals surface area contributed by atoms with Gasteiger partial charge >= 0.3 is 0 Å². The Morgan fingerprint density at radius 1 is 1.23 bits per heavy atom. The van der Waals surface area contributed by atoms with Gasteiger partial charge in [-0.25, -0.2) is 8.42 Å². The second-order valence-electron chi connectivity index (χ2n) is 7.60. The SMILES string of the molecule is COc1ccc(CCS(=O)(=O)Nc2ccc3c(c2)CCN3C(=O)C2CCCO2)cc1. The van der Waals surface area contributed by atoms with Crippen molar-refractivity contribution in [3.05, 3.63) is 53.6 Å². The van der Waals surface area contributed by atoms with Crippen LogP contribution in [0, 0.1) is 0 Å². The number of benzene rings is 2. The Morgan fingerprint density at radius 2 is 2.03 bits per heavy atom. The lowest BCUT2D eigenvalue weighted by molar-refractivity contribution is -0.127. The number of sulfonamides is 1. The van der Waals surface area contributed by atoms with Crippen molar-refractivity contribution in [2.45, 2.75) is 31.8 Å². The molecule has 0 aromatic heterocycles. The van der Waals surface area contributed by atoms with Gasteiger partial charge in [0.25, 0.3) is 5.91 Å². The normalized spacial score (nSPS) is 18.3. The van der Waals surface area contributed by atoms with E-state index < -0.39 is 10.0 Å². The first-order chi connectivity index (χ1) is 14.4. The van der Waals surface area contributed by atoms with Gasteiger partial charge in [-0.3, -0.25) is 9.52 Å². The number of aryl methyl sites for hydroxylation is 1. The minimum Gasteiger partial charge on any atom is -0.497 e. The largest absolute Gasteiger partial charge is 0.497 e. The number of carbonyl (C=O) groups excluding carboxylic acids is 1. The molecule has 2 aliphatic rings. The van der Waals surface area contributed by atoms with Crippen molar-refractivity contribution in [3.8, 4) is 5.75 Å². The molecule has 1 saturated heterocycles. The second-order valence-corrected chi connectivity index (χ2v) is 9.45. The molecular weight excluding hydrogens is 404 g/mol. The molecule has 1 N–H and O–H groups in total. The van der Waals surface area contributed by atoms with Crippen molar-refractivity contribution in [2.75, 3.05) is 35.6 Å². The highest BCUT2D eigenvalue weighted by molar-refractivity contribution is 7.92. The van der Waals surface area contributed by atoms with Gasteiger partial charge < -0.3 is 14.4 Å². The first kappa shape index (κ1) is 20.7. The fourth-order valence-corrected chi connectivity index (χ4v) is 5.01. The number of rotatable bonds is 7. The van der Waals surface area contributed by atoms with E-state index >= 15 is 0 Å². The van der Waals surface area contributed by atoms with Crippen LogP contribution in [-0.4, -0.2) is 46.4 Å². The zero-order valence-electron chi connectivity index (χ0n) is 17.0.